The summed E-state index contributed by atoms with van der Waals surface area (Å²) in [5.41, 5.74) is 0. The minimum atomic E-state index is 0.700. The van der Waals surface area contributed by atoms with Crippen LogP contribution in [-0.4, -0.2) is 5.33 Å². The lowest BCUT2D eigenvalue weighted by Gasteiger charge is -2.09. The highest BCUT2D eigenvalue weighted by molar-refractivity contribution is 9.11. The van der Waals surface area contributed by atoms with Crippen molar-refractivity contribution in [3.05, 3.63) is 20.8 Å². The van der Waals surface area contributed by atoms with Crippen LogP contribution in [-0.2, 0) is 0 Å². The summed E-state index contributed by atoms with van der Waals surface area (Å²) in [6.07, 6.45) is 2.53. The molecule has 3 heteroatoms. The van der Waals surface area contributed by atoms with Gasteiger partial charge in [-0.25, -0.2) is 0 Å². The molecule has 68 valence electrons. The molecule has 1 atom stereocenters. The Bertz CT molecular complexity index is 232. The summed E-state index contributed by atoms with van der Waals surface area (Å²) in [6.45, 7) is 2.23. The predicted molar refractivity (Wildman–Crippen MR) is 63.5 cm³/mol. The molecule has 0 aliphatic heterocycles. The van der Waals surface area contributed by atoms with Gasteiger partial charge in [0, 0.05) is 16.1 Å². The van der Waals surface area contributed by atoms with E-state index in [-0.39, 0.29) is 0 Å². The summed E-state index contributed by atoms with van der Waals surface area (Å²) in [4.78, 5) is 1.49. The molecule has 0 radical (unpaired) electrons. The quantitative estimate of drug-likeness (QED) is 0.701. The highest BCUT2D eigenvalue weighted by atomic mass is 79.9. The van der Waals surface area contributed by atoms with Crippen LogP contribution < -0.4 is 0 Å². The lowest BCUT2D eigenvalue weighted by molar-refractivity contribution is 0.686. The normalized spacial score (nSPS) is 13.2. The summed E-state index contributed by atoms with van der Waals surface area (Å²) in [7, 11) is 0. The maximum Gasteiger partial charge on any atom is 0.0701 e. The molecule has 1 unspecified atom stereocenters. The smallest absolute Gasteiger partial charge is 0.0701 e. The Kier molecular flexibility index (Phi) is 4.84. The fraction of sp³-hybridized carbons (Fsp3) is 0.556. The number of rotatable bonds is 4. The van der Waals surface area contributed by atoms with Crippen molar-refractivity contribution >= 4 is 43.2 Å². The molecule has 0 nitrogen and oxygen atoms in total. The van der Waals surface area contributed by atoms with E-state index in [4.69, 9.17) is 0 Å². The van der Waals surface area contributed by atoms with Crippen LogP contribution in [0.1, 0.15) is 30.6 Å². The summed E-state index contributed by atoms with van der Waals surface area (Å²) in [5, 5.41) is 1.08. The topological polar surface area (TPSA) is 0 Å². The molecular weight excluding hydrogens is 300 g/mol. The Morgan fingerprint density at radius 3 is 2.67 bits per heavy atom. The van der Waals surface area contributed by atoms with Crippen LogP contribution in [0.5, 0.6) is 0 Å². The molecule has 12 heavy (non-hydrogen) atoms. The zero-order chi connectivity index (χ0) is 8.97. The molecule has 0 saturated heterocycles. The third-order valence-corrected chi connectivity index (χ3v) is 4.39. The lowest BCUT2D eigenvalue weighted by Crippen LogP contribution is -1.96. The molecule has 1 aromatic rings. The fourth-order valence-corrected chi connectivity index (χ4v) is 3.64. The second-order valence-corrected chi connectivity index (χ2v) is 5.92. The minimum Gasteiger partial charge on any atom is -0.133 e. The van der Waals surface area contributed by atoms with Crippen molar-refractivity contribution < 1.29 is 0 Å². The average molecular weight is 312 g/mol. The molecule has 0 bridgehead atoms. The zero-order valence-electron chi connectivity index (χ0n) is 7.02. The van der Waals surface area contributed by atoms with Crippen molar-refractivity contribution in [3.8, 4) is 0 Å². The molecule has 0 aliphatic carbocycles. The van der Waals surface area contributed by atoms with Gasteiger partial charge in [-0.15, -0.1) is 11.3 Å². The molecule has 0 fully saturated rings. The second kappa shape index (κ2) is 5.40. The van der Waals surface area contributed by atoms with Crippen molar-refractivity contribution in [1.29, 1.82) is 0 Å². The molecule has 0 aliphatic rings. The molecule has 0 aromatic carbocycles. The number of hydrogen-bond acceptors (Lipinski definition) is 1. The number of hydrogen-bond donors (Lipinski definition) is 0. The SMILES string of the molecule is CCCC(CBr)c1ccc(Br)s1. The van der Waals surface area contributed by atoms with Crippen LogP contribution in [0.2, 0.25) is 0 Å². The van der Waals surface area contributed by atoms with E-state index in [1.54, 1.807) is 0 Å². The van der Waals surface area contributed by atoms with Crippen LogP contribution in [0, 0.1) is 0 Å². The van der Waals surface area contributed by atoms with E-state index in [0.717, 1.165) is 5.33 Å². The van der Waals surface area contributed by atoms with Crippen LogP contribution in [0.15, 0.2) is 15.9 Å². The van der Waals surface area contributed by atoms with Gasteiger partial charge in [-0.2, -0.15) is 0 Å². The first-order valence-corrected chi connectivity index (χ1v) is 6.82. The Labute approximate surface area is 94.6 Å². The van der Waals surface area contributed by atoms with Gasteiger partial charge in [0.2, 0.25) is 0 Å². The van der Waals surface area contributed by atoms with Gasteiger partial charge in [0.25, 0.3) is 0 Å². The van der Waals surface area contributed by atoms with Gasteiger partial charge in [-0.3, -0.25) is 0 Å². The molecule has 0 amide bonds. The molecule has 1 heterocycles. The van der Waals surface area contributed by atoms with Crippen LogP contribution in [0.4, 0.5) is 0 Å². The summed E-state index contributed by atoms with van der Waals surface area (Å²) < 4.78 is 1.24. The van der Waals surface area contributed by atoms with Crippen LogP contribution in [0.3, 0.4) is 0 Å². The van der Waals surface area contributed by atoms with Gasteiger partial charge in [-0.05, 0) is 34.5 Å². The summed E-state index contributed by atoms with van der Waals surface area (Å²) in [5.74, 6) is 0.700. The molecule has 0 saturated carbocycles. The fourth-order valence-electron chi connectivity index (χ4n) is 1.19. The third kappa shape index (κ3) is 2.86. The Balaban J connectivity index is 2.66. The van der Waals surface area contributed by atoms with Gasteiger partial charge >= 0.3 is 0 Å². The average Bonchev–Trinajstić information content (AvgIpc) is 2.47. The van der Waals surface area contributed by atoms with Crippen LogP contribution >= 0.6 is 43.2 Å². The predicted octanol–water partition coefficient (Wildman–Crippen LogP) is 4.79. The Hall–Kier alpha value is 0.660. The number of alkyl halides is 1. The first kappa shape index (κ1) is 10.7. The third-order valence-electron chi connectivity index (χ3n) is 1.82. The number of thiophene rings is 1. The first-order valence-electron chi connectivity index (χ1n) is 4.09. The van der Waals surface area contributed by atoms with Crippen molar-refractivity contribution in [1.82, 2.24) is 0 Å². The van der Waals surface area contributed by atoms with E-state index in [1.807, 2.05) is 11.3 Å². The zero-order valence-corrected chi connectivity index (χ0v) is 11.0. The van der Waals surface area contributed by atoms with Gasteiger partial charge in [0.15, 0.2) is 0 Å². The first-order chi connectivity index (χ1) is 5.77. The molecule has 1 rings (SSSR count). The Morgan fingerprint density at radius 2 is 2.25 bits per heavy atom. The van der Waals surface area contributed by atoms with Crippen LogP contribution in [0.25, 0.3) is 0 Å². The van der Waals surface area contributed by atoms with E-state index >= 15 is 0 Å². The van der Waals surface area contributed by atoms with E-state index in [0.29, 0.717) is 5.92 Å². The van der Waals surface area contributed by atoms with Crippen molar-refractivity contribution in [2.45, 2.75) is 25.7 Å². The highest BCUT2D eigenvalue weighted by Crippen LogP contribution is 2.32. The Morgan fingerprint density at radius 1 is 1.50 bits per heavy atom. The summed E-state index contributed by atoms with van der Waals surface area (Å²) >= 11 is 8.89. The van der Waals surface area contributed by atoms with Crippen molar-refractivity contribution in [2.24, 2.45) is 0 Å². The standard InChI is InChI=1S/C9H12Br2S/c1-2-3-7(6-10)8-4-5-9(11)12-8/h4-5,7H,2-3,6H2,1H3. The maximum absolute atomic E-state index is 3.55. The molecular formula is C9H12Br2S. The van der Waals surface area contributed by atoms with Gasteiger partial charge in [0.1, 0.15) is 0 Å². The van der Waals surface area contributed by atoms with E-state index in [2.05, 4.69) is 50.9 Å². The largest absolute Gasteiger partial charge is 0.133 e. The second-order valence-electron chi connectivity index (χ2n) is 2.78. The van der Waals surface area contributed by atoms with E-state index in [1.165, 1.54) is 21.5 Å². The van der Waals surface area contributed by atoms with Gasteiger partial charge in [0.05, 0.1) is 3.79 Å². The van der Waals surface area contributed by atoms with Crippen molar-refractivity contribution in [3.63, 3.8) is 0 Å². The number of halogens is 2. The summed E-state index contributed by atoms with van der Waals surface area (Å²) in [6, 6.07) is 4.35. The minimum absolute atomic E-state index is 0.700. The monoisotopic (exact) mass is 310 g/mol. The molecule has 0 spiro atoms. The molecule has 1 aromatic heterocycles. The lowest BCUT2D eigenvalue weighted by atomic mass is 10.1. The van der Waals surface area contributed by atoms with Crippen molar-refractivity contribution in [2.75, 3.05) is 5.33 Å². The van der Waals surface area contributed by atoms with E-state index < -0.39 is 0 Å². The molecule has 0 N–H and O–H groups in total. The maximum atomic E-state index is 3.55. The van der Waals surface area contributed by atoms with Gasteiger partial charge in [-0.1, -0.05) is 29.3 Å². The van der Waals surface area contributed by atoms with Gasteiger partial charge < -0.3 is 0 Å². The van der Waals surface area contributed by atoms with E-state index in [9.17, 15) is 0 Å². The highest BCUT2D eigenvalue weighted by Gasteiger charge is 2.10.